The lowest BCUT2D eigenvalue weighted by atomic mass is 9.97. The van der Waals surface area contributed by atoms with Gasteiger partial charge in [0.15, 0.2) is 17.8 Å². The van der Waals surface area contributed by atoms with Crippen LogP contribution in [0.2, 0.25) is 0 Å². The standard InChI is InChI=1S/C17H18N2O4/c1-11-2-4-12(5-3-11)15-14(18-10-23-15)16(20)19-8-6-13(7-9-19)17(21)22/h2-5,10,13H,6-9H2,1H3,(H,21,22). The predicted octanol–water partition coefficient (Wildman–Crippen LogP) is 2.59. The van der Waals surface area contributed by atoms with E-state index in [0.29, 0.717) is 31.7 Å². The predicted molar refractivity (Wildman–Crippen MR) is 82.9 cm³/mol. The lowest BCUT2D eigenvalue weighted by Crippen LogP contribution is -2.40. The zero-order valence-corrected chi connectivity index (χ0v) is 12.9. The van der Waals surface area contributed by atoms with Crippen LogP contribution >= 0.6 is 0 Å². The first-order valence-electron chi connectivity index (χ1n) is 7.59. The molecule has 0 spiro atoms. The highest BCUT2D eigenvalue weighted by atomic mass is 16.4. The first kappa shape index (κ1) is 15.3. The van der Waals surface area contributed by atoms with E-state index in [1.807, 2.05) is 31.2 Å². The number of carbonyl (C=O) groups excluding carboxylic acids is 1. The minimum absolute atomic E-state index is 0.210. The molecule has 120 valence electrons. The van der Waals surface area contributed by atoms with Crippen molar-refractivity contribution in [3.63, 3.8) is 0 Å². The zero-order chi connectivity index (χ0) is 16.4. The molecule has 1 fully saturated rings. The third-order valence-electron chi connectivity index (χ3n) is 4.22. The largest absolute Gasteiger partial charge is 0.481 e. The Balaban J connectivity index is 1.78. The summed E-state index contributed by atoms with van der Waals surface area (Å²) in [5.41, 5.74) is 2.20. The zero-order valence-electron chi connectivity index (χ0n) is 12.9. The van der Waals surface area contributed by atoms with E-state index < -0.39 is 5.97 Å². The second kappa shape index (κ2) is 6.24. The number of carboxylic acid groups (broad SMARTS) is 1. The van der Waals surface area contributed by atoms with E-state index in [-0.39, 0.29) is 17.5 Å². The van der Waals surface area contributed by atoms with Crippen molar-refractivity contribution < 1.29 is 19.1 Å². The van der Waals surface area contributed by atoms with Crippen molar-refractivity contribution in [2.24, 2.45) is 5.92 Å². The van der Waals surface area contributed by atoms with Gasteiger partial charge in [0, 0.05) is 18.7 Å². The fraction of sp³-hybridized carbons (Fsp3) is 0.353. The fourth-order valence-corrected chi connectivity index (χ4v) is 2.79. The van der Waals surface area contributed by atoms with Gasteiger partial charge < -0.3 is 14.4 Å². The third kappa shape index (κ3) is 3.11. The van der Waals surface area contributed by atoms with Gasteiger partial charge in [0.2, 0.25) is 0 Å². The summed E-state index contributed by atoms with van der Waals surface area (Å²) in [5, 5.41) is 9.03. The quantitative estimate of drug-likeness (QED) is 0.941. The summed E-state index contributed by atoms with van der Waals surface area (Å²) in [7, 11) is 0. The normalized spacial score (nSPS) is 15.6. The highest BCUT2D eigenvalue weighted by Crippen LogP contribution is 2.26. The van der Waals surface area contributed by atoms with Gasteiger partial charge in [-0.05, 0) is 19.8 Å². The van der Waals surface area contributed by atoms with Gasteiger partial charge in [0.25, 0.3) is 5.91 Å². The number of nitrogens with zero attached hydrogens (tertiary/aromatic N) is 2. The van der Waals surface area contributed by atoms with E-state index in [1.54, 1.807) is 4.90 Å². The number of carboxylic acids is 1. The minimum Gasteiger partial charge on any atom is -0.481 e. The summed E-state index contributed by atoms with van der Waals surface area (Å²) in [6.45, 7) is 2.84. The molecule has 1 aliphatic rings. The van der Waals surface area contributed by atoms with Gasteiger partial charge in [-0.3, -0.25) is 9.59 Å². The third-order valence-corrected chi connectivity index (χ3v) is 4.22. The van der Waals surface area contributed by atoms with Crippen molar-refractivity contribution in [2.75, 3.05) is 13.1 Å². The lowest BCUT2D eigenvalue weighted by molar-refractivity contribution is -0.143. The lowest BCUT2D eigenvalue weighted by Gasteiger charge is -2.29. The molecule has 0 unspecified atom stereocenters. The van der Waals surface area contributed by atoms with Crippen LogP contribution in [0, 0.1) is 12.8 Å². The molecular weight excluding hydrogens is 296 g/mol. The summed E-state index contributed by atoms with van der Waals surface area (Å²) < 4.78 is 5.41. The Hall–Kier alpha value is -2.63. The second-order valence-corrected chi connectivity index (χ2v) is 5.80. The number of likely N-dealkylation sites (tertiary alicyclic amines) is 1. The molecule has 1 aromatic heterocycles. The first-order chi connectivity index (χ1) is 11.1. The number of rotatable bonds is 3. The number of hydrogen-bond acceptors (Lipinski definition) is 4. The van der Waals surface area contributed by atoms with Crippen LogP contribution in [0.3, 0.4) is 0 Å². The van der Waals surface area contributed by atoms with Crippen LogP contribution in [0.25, 0.3) is 11.3 Å². The highest BCUT2D eigenvalue weighted by molar-refractivity contribution is 5.97. The van der Waals surface area contributed by atoms with Crippen LogP contribution < -0.4 is 0 Å². The van der Waals surface area contributed by atoms with Gasteiger partial charge in [-0.15, -0.1) is 0 Å². The molecule has 1 aromatic carbocycles. The molecule has 6 nitrogen and oxygen atoms in total. The van der Waals surface area contributed by atoms with Crippen molar-refractivity contribution in [1.29, 1.82) is 0 Å². The van der Waals surface area contributed by atoms with Crippen molar-refractivity contribution in [3.8, 4) is 11.3 Å². The number of benzene rings is 1. The molecule has 23 heavy (non-hydrogen) atoms. The smallest absolute Gasteiger partial charge is 0.306 e. The van der Waals surface area contributed by atoms with Crippen molar-refractivity contribution >= 4 is 11.9 Å². The number of hydrogen-bond donors (Lipinski definition) is 1. The molecule has 1 amide bonds. The molecule has 1 aliphatic heterocycles. The van der Waals surface area contributed by atoms with Gasteiger partial charge >= 0.3 is 5.97 Å². The molecule has 1 saturated heterocycles. The minimum atomic E-state index is -0.793. The summed E-state index contributed by atoms with van der Waals surface area (Å²) in [6, 6.07) is 7.68. The number of oxazole rings is 1. The van der Waals surface area contributed by atoms with Crippen LogP contribution in [-0.2, 0) is 4.79 Å². The van der Waals surface area contributed by atoms with E-state index in [4.69, 9.17) is 9.52 Å². The number of piperidine rings is 1. The Morgan fingerprint density at radius 2 is 1.87 bits per heavy atom. The van der Waals surface area contributed by atoms with Crippen molar-refractivity contribution in [3.05, 3.63) is 41.9 Å². The molecule has 3 rings (SSSR count). The molecule has 0 radical (unpaired) electrons. The van der Waals surface area contributed by atoms with E-state index in [9.17, 15) is 9.59 Å². The monoisotopic (exact) mass is 314 g/mol. The van der Waals surface area contributed by atoms with Crippen LogP contribution in [0.15, 0.2) is 35.1 Å². The fourth-order valence-electron chi connectivity index (χ4n) is 2.79. The maximum absolute atomic E-state index is 12.7. The number of carbonyl (C=O) groups is 2. The number of amides is 1. The molecule has 2 aromatic rings. The number of aromatic nitrogens is 1. The molecule has 0 saturated carbocycles. The average Bonchev–Trinajstić information content (AvgIpc) is 3.04. The summed E-state index contributed by atoms with van der Waals surface area (Å²) in [6.07, 6.45) is 2.21. The summed E-state index contributed by atoms with van der Waals surface area (Å²) >= 11 is 0. The molecule has 2 heterocycles. The Morgan fingerprint density at radius 3 is 2.48 bits per heavy atom. The summed E-state index contributed by atoms with van der Waals surface area (Å²) in [4.78, 5) is 29.4. The SMILES string of the molecule is Cc1ccc(-c2ocnc2C(=O)N2CCC(C(=O)O)CC2)cc1. The van der Waals surface area contributed by atoms with Gasteiger partial charge in [0.05, 0.1) is 5.92 Å². The average molecular weight is 314 g/mol. The highest BCUT2D eigenvalue weighted by Gasteiger charge is 2.30. The van der Waals surface area contributed by atoms with Gasteiger partial charge in [-0.2, -0.15) is 0 Å². The van der Waals surface area contributed by atoms with E-state index in [1.165, 1.54) is 6.39 Å². The van der Waals surface area contributed by atoms with E-state index >= 15 is 0 Å². The molecule has 0 bridgehead atoms. The Kier molecular flexibility index (Phi) is 4.14. The van der Waals surface area contributed by atoms with Crippen LogP contribution in [0.1, 0.15) is 28.9 Å². The Morgan fingerprint density at radius 1 is 1.22 bits per heavy atom. The maximum atomic E-state index is 12.7. The maximum Gasteiger partial charge on any atom is 0.306 e. The van der Waals surface area contributed by atoms with Crippen LogP contribution in [0.5, 0.6) is 0 Å². The van der Waals surface area contributed by atoms with Gasteiger partial charge in [0.1, 0.15) is 0 Å². The molecular formula is C17H18N2O4. The van der Waals surface area contributed by atoms with Crippen molar-refractivity contribution in [2.45, 2.75) is 19.8 Å². The molecule has 0 atom stereocenters. The van der Waals surface area contributed by atoms with Crippen molar-refractivity contribution in [1.82, 2.24) is 9.88 Å². The topological polar surface area (TPSA) is 83.6 Å². The van der Waals surface area contributed by atoms with Crippen LogP contribution in [0.4, 0.5) is 0 Å². The molecule has 0 aliphatic carbocycles. The molecule has 1 N–H and O–H groups in total. The van der Waals surface area contributed by atoms with E-state index in [2.05, 4.69) is 4.98 Å². The molecule has 6 heteroatoms. The number of aliphatic carboxylic acids is 1. The number of aryl methyl sites for hydroxylation is 1. The summed E-state index contributed by atoms with van der Waals surface area (Å²) in [5.74, 6) is -0.916. The Bertz CT molecular complexity index is 712. The van der Waals surface area contributed by atoms with E-state index in [0.717, 1.165) is 11.1 Å². The van der Waals surface area contributed by atoms with Gasteiger partial charge in [-0.25, -0.2) is 4.98 Å². The van der Waals surface area contributed by atoms with Gasteiger partial charge in [-0.1, -0.05) is 29.8 Å². The second-order valence-electron chi connectivity index (χ2n) is 5.80. The van der Waals surface area contributed by atoms with Crippen LogP contribution in [-0.4, -0.2) is 40.0 Å². The Labute approximate surface area is 133 Å². The first-order valence-corrected chi connectivity index (χ1v) is 7.59.